The summed E-state index contributed by atoms with van der Waals surface area (Å²) in [6.07, 6.45) is 1.24. The average molecular weight is 502 g/mol. The first kappa shape index (κ1) is 21.0. The van der Waals surface area contributed by atoms with E-state index in [4.69, 9.17) is 11.6 Å². The summed E-state index contributed by atoms with van der Waals surface area (Å²) in [4.78, 5) is 51.5. The molecule has 156 valence electrons. The minimum atomic E-state index is -1.37. The van der Waals surface area contributed by atoms with E-state index in [9.17, 15) is 19.2 Å². The van der Waals surface area contributed by atoms with Crippen molar-refractivity contribution in [1.29, 1.82) is 0 Å². The molecule has 5 amide bonds. The molecule has 1 atom stereocenters. The Morgan fingerprint density at radius 1 is 1.00 bits per heavy atom. The maximum atomic E-state index is 13.0. The number of carbonyl (C=O) groups excluding carboxylic acids is 4. The van der Waals surface area contributed by atoms with Crippen LogP contribution in [0.4, 0.5) is 16.2 Å². The molecule has 0 bridgehead atoms. The molecule has 0 spiro atoms. The second kappa shape index (κ2) is 8.09. The number of halogens is 2. The molecule has 0 aromatic heterocycles. The van der Waals surface area contributed by atoms with Crippen molar-refractivity contribution in [1.82, 2.24) is 5.32 Å². The molecule has 2 aromatic rings. The molecule has 1 unspecified atom stereocenters. The van der Waals surface area contributed by atoms with E-state index in [0.717, 1.165) is 9.37 Å². The number of urea groups is 1. The molecule has 1 fully saturated rings. The molecule has 2 aliphatic heterocycles. The Morgan fingerprint density at radius 3 is 2.26 bits per heavy atom. The van der Waals surface area contributed by atoms with Gasteiger partial charge in [-0.25, -0.2) is 9.69 Å². The van der Waals surface area contributed by atoms with Gasteiger partial charge in [-0.2, -0.15) is 10.1 Å². The largest absolute Gasteiger partial charge is 0.335 e. The first-order chi connectivity index (χ1) is 14.8. The van der Waals surface area contributed by atoms with E-state index >= 15 is 0 Å². The van der Waals surface area contributed by atoms with Crippen molar-refractivity contribution < 1.29 is 19.2 Å². The number of carbonyl (C=O) groups is 4. The molecule has 2 aromatic carbocycles. The Morgan fingerprint density at radius 2 is 1.61 bits per heavy atom. The minimum absolute atomic E-state index is 0.113. The van der Waals surface area contributed by atoms with Crippen LogP contribution in [0.25, 0.3) is 0 Å². The Bertz CT molecular complexity index is 1170. The summed E-state index contributed by atoms with van der Waals surface area (Å²) in [5.74, 6) is -3.43. The third-order valence-corrected chi connectivity index (χ3v) is 5.53. The number of rotatable bonds is 3. The van der Waals surface area contributed by atoms with Crippen LogP contribution in [0.5, 0.6) is 0 Å². The van der Waals surface area contributed by atoms with Gasteiger partial charge in [0.25, 0.3) is 11.8 Å². The highest BCUT2D eigenvalue weighted by Gasteiger charge is 2.42. The fourth-order valence-electron chi connectivity index (χ4n) is 3.21. The lowest BCUT2D eigenvalue weighted by atomic mass is 9.98. The van der Waals surface area contributed by atoms with Crippen LogP contribution >= 0.6 is 27.5 Å². The number of nitrogens with zero attached hydrogens (tertiary/aromatic N) is 3. The van der Waals surface area contributed by atoms with Crippen LogP contribution in [0.1, 0.15) is 6.92 Å². The van der Waals surface area contributed by atoms with E-state index < -0.39 is 29.7 Å². The second-order valence-corrected chi connectivity index (χ2v) is 8.13. The first-order valence-corrected chi connectivity index (χ1v) is 10.2. The highest BCUT2D eigenvalue weighted by atomic mass is 79.9. The van der Waals surface area contributed by atoms with E-state index in [1.54, 1.807) is 31.2 Å². The number of anilines is 2. The van der Waals surface area contributed by atoms with Crippen LogP contribution < -0.4 is 15.2 Å². The number of benzene rings is 2. The van der Waals surface area contributed by atoms with Crippen LogP contribution in [0.3, 0.4) is 0 Å². The lowest BCUT2D eigenvalue weighted by molar-refractivity contribution is -0.132. The maximum Gasteiger partial charge on any atom is 0.335 e. The highest BCUT2D eigenvalue weighted by Crippen LogP contribution is 2.28. The fraction of sp³-hybridized carbons (Fsp3) is 0.0952. The standard InChI is InChI=1S/C21H14BrClN4O4/c1-11-16(20(30)27(25-11)15-6-2-12(22)3-7-15)10-17-18(28)24-21(31)26(19(17)29)14-8-4-13(23)5-9-14/h2-10,17H,1H3,(H,24,28,31)/b16-10-. The Labute approximate surface area is 190 Å². The maximum absolute atomic E-state index is 13.0. The van der Waals surface area contributed by atoms with Gasteiger partial charge in [-0.05, 0) is 61.5 Å². The van der Waals surface area contributed by atoms with Gasteiger partial charge in [0.15, 0.2) is 0 Å². The highest BCUT2D eigenvalue weighted by molar-refractivity contribution is 9.10. The molecule has 31 heavy (non-hydrogen) atoms. The number of amides is 5. The zero-order valence-corrected chi connectivity index (χ0v) is 18.3. The normalized spacial score (nSPS) is 20.4. The van der Waals surface area contributed by atoms with E-state index in [2.05, 4.69) is 26.3 Å². The molecule has 8 nitrogen and oxygen atoms in total. The van der Waals surface area contributed by atoms with Gasteiger partial charge in [-0.3, -0.25) is 19.7 Å². The zero-order chi connectivity index (χ0) is 22.3. The molecule has 1 N–H and O–H groups in total. The van der Waals surface area contributed by atoms with Gasteiger partial charge in [-0.15, -0.1) is 0 Å². The van der Waals surface area contributed by atoms with Crippen molar-refractivity contribution in [2.75, 3.05) is 9.91 Å². The molecule has 1 saturated heterocycles. The van der Waals surface area contributed by atoms with Gasteiger partial charge in [0.1, 0.15) is 5.92 Å². The number of imide groups is 2. The molecule has 4 rings (SSSR count). The van der Waals surface area contributed by atoms with Crippen molar-refractivity contribution in [2.24, 2.45) is 11.0 Å². The topological polar surface area (TPSA) is 99.2 Å². The van der Waals surface area contributed by atoms with Crippen LogP contribution in [0.2, 0.25) is 5.02 Å². The summed E-state index contributed by atoms with van der Waals surface area (Å²) in [6, 6.07) is 12.1. The quantitative estimate of drug-likeness (QED) is 0.513. The molecular weight excluding hydrogens is 488 g/mol. The molecule has 0 aliphatic carbocycles. The Balaban J connectivity index is 1.66. The number of barbiturate groups is 1. The van der Waals surface area contributed by atoms with Crippen molar-refractivity contribution >= 4 is 68.4 Å². The number of nitrogens with one attached hydrogen (secondary N) is 1. The van der Waals surface area contributed by atoms with Gasteiger partial charge in [0, 0.05) is 9.50 Å². The van der Waals surface area contributed by atoms with Crippen LogP contribution in [0, 0.1) is 5.92 Å². The third kappa shape index (κ3) is 3.89. The van der Waals surface area contributed by atoms with Crippen molar-refractivity contribution in [3.63, 3.8) is 0 Å². The van der Waals surface area contributed by atoms with Crippen LogP contribution in [0.15, 0.2) is 69.8 Å². The zero-order valence-electron chi connectivity index (χ0n) is 16.0. The lowest BCUT2D eigenvalue weighted by Gasteiger charge is -2.29. The van der Waals surface area contributed by atoms with Gasteiger partial charge in [0.05, 0.1) is 22.7 Å². The molecule has 2 heterocycles. The van der Waals surface area contributed by atoms with Gasteiger partial charge in [0.2, 0.25) is 5.91 Å². The van der Waals surface area contributed by atoms with Crippen molar-refractivity contribution in [3.05, 3.63) is 69.7 Å². The van der Waals surface area contributed by atoms with Crippen LogP contribution in [-0.4, -0.2) is 29.5 Å². The molecule has 2 aliphatic rings. The third-order valence-electron chi connectivity index (χ3n) is 4.75. The van der Waals surface area contributed by atoms with Crippen molar-refractivity contribution in [2.45, 2.75) is 6.92 Å². The van der Waals surface area contributed by atoms with Gasteiger partial charge < -0.3 is 0 Å². The summed E-state index contributed by atoms with van der Waals surface area (Å²) >= 11 is 9.20. The number of hydrogen-bond donors (Lipinski definition) is 1. The summed E-state index contributed by atoms with van der Waals surface area (Å²) in [5, 5.41) is 8.03. The summed E-state index contributed by atoms with van der Waals surface area (Å²) in [7, 11) is 0. The SMILES string of the molecule is CC1=NN(c2ccc(Br)cc2)C(=O)/C1=C\C1C(=O)NC(=O)N(c2ccc(Cl)cc2)C1=O. The van der Waals surface area contributed by atoms with Crippen LogP contribution in [-0.2, 0) is 14.4 Å². The monoisotopic (exact) mass is 500 g/mol. The molecule has 0 radical (unpaired) electrons. The van der Waals surface area contributed by atoms with Crippen molar-refractivity contribution in [3.8, 4) is 0 Å². The van der Waals surface area contributed by atoms with E-state index in [1.807, 2.05) is 0 Å². The van der Waals surface area contributed by atoms with E-state index in [-0.39, 0.29) is 11.3 Å². The number of hydrazone groups is 1. The summed E-state index contributed by atoms with van der Waals surface area (Å²) < 4.78 is 0.843. The average Bonchev–Trinajstić information content (AvgIpc) is 3.01. The van der Waals surface area contributed by atoms with E-state index in [1.165, 1.54) is 35.4 Å². The lowest BCUT2D eigenvalue weighted by Crippen LogP contribution is -2.57. The Kier molecular flexibility index (Phi) is 5.47. The molecular formula is C21H14BrClN4O4. The minimum Gasteiger partial charge on any atom is -0.276 e. The van der Waals surface area contributed by atoms with E-state index in [0.29, 0.717) is 16.4 Å². The fourth-order valence-corrected chi connectivity index (χ4v) is 3.60. The Hall–Kier alpha value is -3.30. The smallest absolute Gasteiger partial charge is 0.276 e. The number of hydrogen-bond acceptors (Lipinski definition) is 5. The first-order valence-electron chi connectivity index (χ1n) is 9.08. The second-order valence-electron chi connectivity index (χ2n) is 6.78. The summed E-state index contributed by atoms with van der Waals surface area (Å²) in [5.41, 5.74) is 1.25. The molecule has 0 saturated carbocycles. The predicted molar refractivity (Wildman–Crippen MR) is 119 cm³/mol. The predicted octanol–water partition coefficient (Wildman–Crippen LogP) is 3.65. The van der Waals surface area contributed by atoms with Gasteiger partial charge >= 0.3 is 6.03 Å². The summed E-state index contributed by atoms with van der Waals surface area (Å²) in [6.45, 7) is 1.61. The van der Waals surface area contributed by atoms with Gasteiger partial charge in [-0.1, -0.05) is 27.5 Å². The molecule has 10 heteroatoms.